The van der Waals surface area contributed by atoms with Gasteiger partial charge in [0.15, 0.2) is 0 Å². The Kier molecular flexibility index (Phi) is 7.91. The van der Waals surface area contributed by atoms with Gasteiger partial charge in [0.25, 0.3) is 0 Å². The lowest BCUT2D eigenvalue weighted by molar-refractivity contribution is -0.0500. The Morgan fingerprint density at radius 1 is 1.32 bits per heavy atom. The molecule has 0 aromatic rings. The van der Waals surface area contributed by atoms with Crippen LogP contribution >= 0.6 is 0 Å². The summed E-state index contributed by atoms with van der Waals surface area (Å²) in [6.07, 6.45) is 3.79. The van der Waals surface area contributed by atoms with E-state index in [0.717, 1.165) is 32.0 Å². The zero-order valence-electron chi connectivity index (χ0n) is 13.2. The van der Waals surface area contributed by atoms with Crippen LogP contribution in [0.25, 0.3) is 0 Å². The standard InChI is InChI=1S/C15H33N3O/c1-5-6-18-7-8-19-15(11-18)14(17-16)10-13(4)9-12(2)3/h12-15,17H,5-11,16H2,1-4H3. The van der Waals surface area contributed by atoms with Crippen molar-refractivity contribution in [2.24, 2.45) is 17.7 Å². The summed E-state index contributed by atoms with van der Waals surface area (Å²) >= 11 is 0. The summed E-state index contributed by atoms with van der Waals surface area (Å²) in [5.41, 5.74) is 2.99. The third-order valence-electron chi connectivity index (χ3n) is 3.91. The monoisotopic (exact) mass is 271 g/mol. The first-order chi connectivity index (χ1) is 9.06. The number of rotatable bonds is 8. The lowest BCUT2D eigenvalue weighted by atomic mass is 9.90. The van der Waals surface area contributed by atoms with Gasteiger partial charge in [0.05, 0.1) is 12.7 Å². The summed E-state index contributed by atoms with van der Waals surface area (Å²) in [4.78, 5) is 2.49. The maximum atomic E-state index is 5.93. The molecule has 4 heteroatoms. The van der Waals surface area contributed by atoms with Crippen LogP contribution in [-0.4, -0.2) is 43.3 Å². The molecule has 0 bridgehead atoms. The van der Waals surface area contributed by atoms with E-state index >= 15 is 0 Å². The average Bonchev–Trinajstić information content (AvgIpc) is 2.36. The Balaban J connectivity index is 2.44. The van der Waals surface area contributed by atoms with E-state index in [0.29, 0.717) is 5.92 Å². The number of morpholine rings is 1. The largest absolute Gasteiger partial charge is 0.374 e. The molecule has 4 nitrogen and oxygen atoms in total. The van der Waals surface area contributed by atoms with E-state index in [1.807, 2.05) is 0 Å². The van der Waals surface area contributed by atoms with Crippen LogP contribution in [0.2, 0.25) is 0 Å². The minimum absolute atomic E-state index is 0.236. The van der Waals surface area contributed by atoms with E-state index in [1.54, 1.807) is 0 Å². The Hall–Kier alpha value is -0.160. The van der Waals surface area contributed by atoms with Crippen LogP contribution in [-0.2, 0) is 4.74 Å². The number of nitrogens with zero attached hydrogens (tertiary/aromatic N) is 1. The number of hydrogen-bond acceptors (Lipinski definition) is 4. The minimum atomic E-state index is 0.236. The smallest absolute Gasteiger partial charge is 0.0868 e. The molecule has 3 atom stereocenters. The predicted molar refractivity (Wildman–Crippen MR) is 80.8 cm³/mol. The fourth-order valence-corrected chi connectivity index (χ4v) is 3.16. The third kappa shape index (κ3) is 6.21. The zero-order valence-corrected chi connectivity index (χ0v) is 13.2. The van der Waals surface area contributed by atoms with Gasteiger partial charge in [-0.2, -0.15) is 0 Å². The normalized spacial score (nSPS) is 24.6. The molecule has 19 heavy (non-hydrogen) atoms. The zero-order chi connectivity index (χ0) is 14.3. The number of hydrazine groups is 1. The molecule has 0 aliphatic carbocycles. The van der Waals surface area contributed by atoms with Crippen molar-refractivity contribution in [2.45, 2.75) is 59.1 Å². The Labute approximate surface area is 119 Å². The quantitative estimate of drug-likeness (QED) is 0.524. The molecule has 0 radical (unpaired) electrons. The lowest BCUT2D eigenvalue weighted by Crippen LogP contribution is -2.54. The van der Waals surface area contributed by atoms with Crippen molar-refractivity contribution in [2.75, 3.05) is 26.2 Å². The fraction of sp³-hybridized carbons (Fsp3) is 1.00. The summed E-state index contributed by atoms with van der Waals surface area (Å²) in [7, 11) is 0. The second-order valence-corrected chi connectivity index (χ2v) is 6.45. The molecule has 0 spiro atoms. The predicted octanol–water partition coefficient (Wildman–Crippen LogP) is 2.00. The SMILES string of the molecule is CCCN1CCOC(C(CC(C)CC(C)C)NN)C1. The van der Waals surface area contributed by atoms with Gasteiger partial charge in [-0.1, -0.05) is 27.7 Å². The van der Waals surface area contributed by atoms with E-state index in [2.05, 4.69) is 38.0 Å². The summed E-state index contributed by atoms with van der Waals surface area (Å²) < 4.78 is 5.93. The molecular weight excluding hydrogens is 238 g/mol. The van der Waals surface area contributed by atoms with Gasteiger partial charge in [-0.3, -0.25) is 16.2 Å². The third-order valence-corrected chi connectivity index (χ3v) is 3.91. The number of nitrogens with one attached hydrogen (secondary N) is 1. The van der Waals surface area contributed by atoms with E-state index in [1.165, 1.54) is 19.4 Å². The van der Waals surface area contributed by atoms with Gasteiger partial charge >= 0.3 is 0 Å². The topological polar surface area (TPSA) is 50.5 Å². The highest BCUT2D eigenvalue weighted by atomic mass is 16.5. The molecule has 114 valence electrons. The van der Waals surface area contributed by atoms with Crippen molar-refractivity contribution in [3.63, 3.8) is 0 Å². The molecule has 1 fully saturated rings. The molecule has 0 aromatic heterocycles. The van der Waals surface area contributed by atoms with E-state index in [4.69, 9.17) is 10.6 Å². The van der Waals surface area contributed by atoms with Crippen molar-refractivity contribution >= 4 is 0 Å². The first-order valence-corrected chi connectivity index (χ1v) is 7.86. The molecule has 0 aromatic carbocycles. The molecule has 1 aliphatic heterocycles. The Morgan fingerprint density at radius 3 is 2.63 bits per heavy atom. The van der Waals surface area contributed by atoms with Crippen LogP contribution in [0.1, 0.15) is 47.0 Å². The highest BCUT2D eigenvalue weighted by Gasteiger charge is 2.28. The summed E-state index contributed by atoms with van der Waals surface area (Å²) in [5, 5.41) is 0. The van der Waals surface area contributed by atoms with Crippen LogP contribution in [0.4, 0.5) is 0 Å². The molecule has 0 saturated carbocycles. The van der Waals surface area contributed by atoms with Crippen LogP contribution in [0.5, 0.6) is 0 Å². The minimum Gasteiger partial charge on any atom is -0.374 e. The van der Waals surface area contributed by atoms with Gasteiger partial charge in [0.2, 0.25) is 0 Å². The van der Waals surface area contributed by atoms with Crippen LogP contribution in [0.3, 0.4) is 0 Å². The van der Waals surface area contributed by atoms with Crippen molar-refractivity contribution in [1.29, 1.82) is 0 Å². The van der Waals surface area contributed by atoms with Crippen molar-refractivity contribution in [3.8, 4) is 0 Å². The first-order valence-electron chi connectivity index (χ1n) is 7.86. The Morgan fingerprint density at radius 2 is 2.05 bits per heavy atom. The number of nitrogens with two attached hydrogens (primary N) is 1. The molecule has 0 amide bonds. The van der Waals surface area contributed by atoms with Crippen molar-refractivity contribution < 1.29 is 4.74 Å². The number of hydrogen-bond donors (Lipinski definition) is 2. The summed E-state index contributed by atoms with van der Waals surface area (Å²) in [6.45, 7) is 13.2. The molecule has 1 saturated heterocycles. The summed E-state index contributed by atoms with van der Waals surface area (Å²) in [5.74, 6) is 7.19. The second-order valence-electron chi connectivity index (χ2n) is 6.45. The number of ether oxygens (including phenoxy) is 1. The second kappa shape index (κ2) is 8.90. The van der Waals surface area contributed by atoms with E-state index < -0.39 is 0 Å². The fourth-order valence-electron chi connectivity index (χ4n) is 3.16. The first kappa shape index (κ1) is 16.9. The highest BCUT2D eigenvalue weighted by molar-refractivity contribution is 4.83. The van der Waals surface area contributed by atoms with E-state index in [-0.39, 0.29) is 12.1 Å². The maximum Gasteiger partial charge on any atom is 0.0868 e. The molecule has 3 unspecified atom stereocenters. The molecule has 1 heterocycles. The summed E-state index contributed by atoms with van der Waals surface area (Å²) in [6, 6.07) is 0.272. The van der Waals surface area contributed by atoms with Gasteiger partial charge in [-0.05, 0) is 37.6 Å². The molecule has 1 aliphatic rings. The van der Waals surface area contributed by atoms with Crippen LogP contribution < -0.4 is 11.3 Å². The van der Waals surface area contributed by atoms with E-state index in [9.17, 15) is 0 Å². The average molecular weight is 271 g/mol. The maximum absolute atomic E-state index is 5.93. The van der Waals surface area contributed by atoms with Gasteiger partial charge in [-0.15, -0.1) is 0 Å². The lowest BCUT2D eigenvalue weighted by Gasteiger charge is -2.37. The van der Waals surface area contributed by atoms with Gasteiger partial charge < -0.3 is 4.74 Å². The van der Waals surface area contributed by atoms with Crippen molar-refractivity contribution in [3.05, 3.63) is 0 Å². The van der Waals surface area contributed by atoms with Crippen molar-refractivity contribution in [1.82, 2.24) is 10.3 Å². The van der Waals surface area contributed by atoms with Gasteiger partial charge in [-0.25, -0.2) is 0 Å². The molecule has 1 rings (SSSR count). The van der Waals surface area contributed by atoms with Crippen LogP contribution in [0.15, 0.2) is 0 Å². The van der Waals surface area contributed by atoms with Crippen LogP contribution in [0, 0.1) is 11.8 Å². The Bertz CT molecular complexity index is 233. The van der Waals surface area contributed by atoms with Gasteiger partial charge in [0, 0.05) is 19.1 Å². The van der Waals surface area contributed by atoms with Gasteiger partial charge in [0.1, 0.15) is 0 Å². The molecular formula is C15H33N3O. The highest BCUT2D eigenvalue weighted by Crippen LogP contribution is 2.20. The molecule has 3 N–H and O–H groups in total.